The highest BCUT2D eigenvalue weighted by Crippen LogP contribution is 2.29. The summed E-state index contributed by atoms with van der Waals surface area (Å²) in [6.07, 6.45) is 1.74. The van der Waals surface area contributed by atoms with Crippen LogP contribution < -0.4 is 4.72 Å². The van der Waals surface area contributed by atoms with Crippen molar-refractivity contribution in [3.63, 3.8) is 0 Å². The lowest BCUT2D eigenvalue weighted by molar-refractivity contribution is 0.242. The van der Waals surface area contributed by atoms with Crippen molar-refractivity contribution in [1.29, 1.82) is 0 Å². The molecular formula is C13H18Cl2N2O3S. The number of aliphatic hydroxyl groups is 1. The van der Waals surface area contributed by atoms with Crippen LogP contribution in [0, 0.1) is 0 Å². The third-order valence-electron chi connectivity index (χ3n) is 3.51. The van der Waals surface area contributed by atoms with E-state index in [2.05, 4.69) is 9.62 Å². The average molecular weight is 353 g/mol. The number of benzene rings is 1. The van der Waals surface area contributed by atoms with E-state index >= 15 is 0 Å². The van der Waals surface area contributed by atoms with E-state index in [0.29, 0.717) is 12.1 Å². The van der Waals surface area contributed by atoms with E-state index in [1.807, 2.05) is 7.05 Å². The second kappa shape index (κ2) is 6.81. The fourth-order valence-electron chi connectivity index (χ4n) is 2.44. The topological polar surface area (TPSA) is 69.6 Å². The maximum Gasteiger partial charge on any atom is 0.242 e. The Balaban J connectivity index is 2.27. The second-order valence-corrected chi connectivity index (χ2v) is 7.75. The maximum absolute atomic E-state index is 12.5. The van der Waals surface area contributed by atoms with Gasteiger partial charge in [0, 0.05) is 17.6 Å². The van der Waals surface area contributed by atoms with E-state index in [-0.39, 0.29) is 27.6 Å². The first kappa shape index (κ1) is 17.0. The summed E-state index contributed by atoms with van der Waals surface area (Å²) in [5.41, 5.74) is 0.335. The lowest BCUT2D eigenvalue weighted by atomic mass is 10.1. The van der Waals surface area contributed by atoms with Crippen molar-refractivity contribution in [1.82, 2.24) is 9.62 Å². The zero-order valence-corrected chi connectivity index (χ0v) is 14.0. The van der Waals surface area contributed by atoms with Crippen LogP contribution in [0.4, 0.5) is 0 Å². The highest BCUT2D eigenvalue weighted by molar-refractivity contribution is 7.89. The number of piperidine rings is 1. The summed E-state index contributed by atoms with van der Waals surface area (Å²) in [7, 11) is -1.78. The molecule has 1 aliphatic heterocycles. The molecule has 1 aliphatic rings. The third-order valence-corrected chi connectivity index (χ3v) is 5.84. The molecule has 21 heavy (non-hydrogen) atoms. The maximum atomic E-state index is 12.5. The Kier molecular flexibility index (Phi) is 5.51. The van der Waals surface area contributed by atoms with Gasteiger partial charge in [0.25, 0.3) is 0 Å². The van der Waals surface area contributed by atoms with Gasteiger partial charge in [-0.2, -0.15) is 0 Å². The van der Waals surface area contributed by atoms with Crippen molar-refractivity contribution in [2.75, 3.05) is 20.1 Å². The molecule has 1 unspecified atom stereocenters. The van der Waals surface area contributed by atoms with Crippen molar-refractivity contribution in [3.8, 4) is 0 Å². The predicted molar refractivity (Wildman–Crippen MR) is 83.2 cm³/mol. The molecule has 0 spiro atoms. The van der Waals surface area contributed by atoms with Crippen molar-refractivity contribution in [2.45, 2.75) is 30.4 Å². The largest absolute Gasteiger partial charge is 0.392 e. The van der Waals surface area contributed by atoms with Crippen molar-refractivity contribution >= 4 is 33.2 Å². The number of sulfonamides is 1. The van der Waals surface area contributed by atoms with Crippen LogP contribution in [0.2, 0.25) is 10.0 Å². The van der Waals surface area contributed by atoms with Crippen molar-refractivity contribution in [3.05, 3.63) is 27.7 Å². The van der Waals surface area contributed by atoms with Gasteiger partial charge in [0.05, 0.1) is 11.6 Å². The van der Waals surface area contributed by atoms with Crippen LogP contribution in [0.3, 0.4) is 0 Å². The fraction of sp³-hybridized carbons (Fsp3) is 0.538. The Morgan fingerprint density at radius 3 is 2.71 bits per heavy atom. The van der Waals surface area contributed by atoms with Gasteiger partial charge in [-0.05, 0) is 44.1 Å². The van der Waals surface area contributed by atoms with E-state index in [1.165, 1.54) is 12.1 Å². The quantitative estimate of drug-likeness (QED) is 0.867. The SMILES string of the molecule is CN1CCCC(NS(=O)(=O)c2cc(CO)c(Cl)cc2Cl)C1. The molecule has 0 amide bonds. The second-order valence-electron chi connectivity index (χ2n) is 5.25. The minimum Gasteiger partial charge on any atom is -0.392 e. The minimum absolute atomic E-state index is 0.0499. The van der Waals surface area contributed by atoms with Crippen molar-refractivity contribution < 1.29 is 13.5 Å². The normalized spacial score (nSPS) is 20.7. The Morgan fingerprint density at radius 1 is 1.38 bits per heavy atom. The van der Waals surface area contributed by atoms with Crippen LogP contribution >= 0.6 is 23.2 Å². The van der Waals surface area contributed by atoms with Crippen LogP contribution in [0.1, 0.15) is 18.4 Å². The first-order valence-corrected chi connectivity index (χ1v) is 8.87. The van der Waals surface area contributed by atoms with Gasteiger partial charge in [0.1, 0.15) is 4.90 Å². The number of hydrogen-bond acceptors (Lipinski definition) is 4. The van der Waals surface area contributed by atoms with Crippen LogP contribution in [-0.2, 0) is 16.6 Å². The molecule has 0 aromatic heterocycles. The summed E-state index contributed by atoms with van der Waals surface area (Å²) in [6.45, 7) is 1.29. The fourth-order valence-corrected chi connectivity index (χ4v) is 4.56. The Bertz CT molecular complexity index is 622. The number of nitrogens with zero attached hydrogens (tertiary/aromatic N) is 1. The van der Waals surface area contributed by atoms with E-state index in [9.17, 15) is 13.5 Å². The summed E-state index contributed by atoms with van der Waals surface area (Å²) in [5.74, 6) is 0. The highest BCUT2D eigenvalue weighted by Gasteiger charge is 2.26. The van der Waals surface area contributed by atoms with Gasteiger partial charge in [0.15, 0.2) is 0 Å². The molecule has 1 aromatic carbocycles. The molecule has 1 saturated heterocycles. The molecule has 0 bridgehead atoms. The number of likely N-dealkylation sites (N-methyl/N-ethyl adjacent to an activating group) is 1. The lowest BCUT2D eigenvalue weighted by Crippen LogP contribution is -2.46. The predicted octanol–water partition coefficient (Wildman–Crippen LogP) is 1.86. The summed E-state index contributed by atoms with van der Waals surface area (Å²) in [5, 5.41) is 9.51. The smallest absolute Gasteiger partial charge is 0.242 e. The third kappa shape index (κ3) is 4.09. The van der Waals surface area contributed by atoms with Crippen molar-refractivity contribution in [2.24, 2.45) is 0 Å². The number of aliphatic hydroxyl groups excluding tert-OH is 1. The summed E-state index contributed by atoms with van der Waals surface area (Å²) < 4.78 is 27.6. The van der Waals surface area contributed by atoms with Gasteiger partial charge in [0.2, 0.25) is 10.0 Å². The van der Waals surface area contributed by atoms with Gasteiger partial charge in [-0.25, -0.2) is 13.1 Å². The molecule has 1 fully saturated rings. The molecule has 0 saturated carbocycles. The standard InChI is InChI=1S/C13H18Cl2N2O3S/c1-17-4-2-3-10(7-17)16-21(19,20)13-5-9(8-18)11(14)6-12(13)15/h5-6,10,16,18H,2-4,7-8H2,1H3. The van der Waals surface area contributed by atoms with Gasteiger partial charge >= 0.3 is 0 Å². The molecule has 8 heteroatoms. The number of halogens is 2. The molecule has 1 heterocycles. The molecule has 2 N–H and O–H groups in total. The number of likely N-dealkylation sites (tertiary alicyclic amines) is 1. The highest BCUT2D eigenvalue weighted by atomic mass is 35.5. The van der Waals surface area contributed by atoms with Crippen LogP contribution in [-0.4, -0.2) is 44.6 Å². The van der Waals surface area contributed by atoms with E-state index < -0.39 is 10.0 Å². The number of hydrogen-bond donors (Lipinski definition) is 2. The lowest BCUT2D eigenvalue weighted by Gasteiger charge is -2.30. The van der Waals surface area contributed by atoms with E-state index in [1.54, 1.807) is 0 Å². The van der Waals surface area contributed by atoms with Gasteiger partial charge in [-0.15, -0.1) is 0 Å². The van der Waals surface area contributed by atoms with E-state index in [0.717, 1.165) is 19.4 Å². The van der Waals surface area contributed by atoms with Gasteiger partial charge in [-0.3, -0.25) is 0 Å². The summed E-state index contributed by atoms with van der Waals surface area (Å²) in [6, 6.07) is 2.52. The molecule has 0 radical (unpaired) electrons. The Morgan fingerprint density at radius 2 is 2.10 bits per heavy atom. The molecule has 118 valence electrons. The number of rotatable bonds is 4. The van der Waals surface area contributed by atoms with Gasteiger partial charge < -0.3 is 10.0 Å². The average Bonchev–Trinajstić information content (AvgIpc) is 2.37. The van der Waals surface area contributed by atoms with E-state index in [4.69, 9.17) is 23.2 Å². The zero-order valence-electron chi connectivity index (χ0n) is 11.6. The monoisotopic (exact) mass is 352 g/mol. The zero-order chi connectivity index (χ0) is 15.6. The van der Waals surface area contributed by atoms with Crippen LogP contribution in [0.25, 0.3) is 0 Å². The molecular weight excluding hydrogens is 335 g/mol. The first-order valence-electron chi connectivity index (χ1n) is 6.63. The molecule has 2 rings (SSSR count). The minimum atomic E-state index is -3.74. The molecule has 5 nitrogen and oxygen atoms in total. The number of nitrogens with one attached hydrogen (secondary N) is 1. The van der Waals surface area contributed by atoms with Crippen LogP contribution in [0.5, 0.6) is 0 Å². The Hall–Kier alpha value is -0.370. The first-order chi connectivity index (χ1) is 9.83. The summed E-state index contributed by atoms with van der Waals surface area (Å²) in [4.78, 5) is 2.03. The molecule has 0 aliphatic carbocycles. The van der Waals surface area contributed by atoms with Crippen LogP contribution in [0.15, 0.2) is 17.0 Å². The molecule has 1 aromatic rings. The van der Waals surface area contributed by atoms with Gasteiger partial charge in [-0.1, -0.05) is 23.2 Å². The molecule has 1 atom stereocenters. The Labute approximate surface area is 134 Å². The summed E-state index contributed by atoms with van der Waals surface area (Å²) >= 11 is 11.9.